The molecule has 0 aliphatic heterocycles. The van der Waals surface area contributed by atoms with E-state index in [0.717, 1.165) is 0 Å². The second-order valence-electron chi connectivity index (χ2n) is 1.10. The van der Waals surface area contributed by atoms with Crippen molar-refractivity contribution in [2.75, 3.05) is 14.1 Å². The Morgan fingerprint density at radius 3 is 2.00 bits per heavy atom. The van der Waals surface area contributed by atoms with Gasteiger partial charge in [0.1, 0.15) is 0 Å². The zero-order valence-corrected chi connectivity index (χ0v) is 9.96. The average molecular weight is 219 g/mol. The summed E-state index contributed by atoms with van der Waals surface area (Å²) in [4.78, 5) is 8.25. The van der Waals surface area contributed by atoms with Crippen molar-refractivity contribution in [1.29, 1.82) is 0 Å². The van der Waals surface area contributed by atoms with Gasteiger partial charge in [-0.1, -0.05) is 0 Å². The molecule has 0 aliphatic rings. The van der Waals surface area contributed by atoms with Crippen molar-refractivity contribution in [2.24, 2.45) is 0 Å². The van der Waals surface area contributed by atoms with Crippen LogP contribution in [0.4, 0.5) is 0 Å². The molecule has 0 bridgehead atoms. The van der Waals surface area contributed by atoms with Gasteiger partial charge in [-0.15, -0.1) is 0 Å². The minimum absolute atomic E-state index is 0.500. The molecule has 0 aromatic carbocycles. The fraction of sp³-hybridized carbons (Fsp3) is 0.667. The van der Waals surface area contributed by atoms with Gasteiger partial charge in [0.2, 0.25) is 0 Å². The van der Waals surface area contributed by atoms with Gasteiger partial charge in [-0.05, 0) is 0 Å². The zero-order valence-electron chi connectivity index (χ0n) is 5.36. The van der Waals surface area contributed by atoms with Gasteiger partial charge in [-0.25, -0.2) is 0 Å². The third-order valence-electron chi connectivity index (χ3n) is 0.202. The molecule has 0 saturated heterocycles. The standard InChI is InChI=1S/C2H7NS2.CH2O2.Zn/c1-3(2)5-4;2-1-3;/h4H,1-2H3;1H,(H,2,3);/q;;+2/p-2. The Kier molecular flexibility index (Phi) is 15.9. The van der Waals surface area contributed by atoms with Crippen molar-refractivity contribution < 1.29 is 27.0 Å². The fourth-order valence-corrected chi connectivity index (χ4v) is 4.93. The smallest absolute Gasteiger partial charge is 0.0275 e. The summed E-state index contributed by atoms with van der Waals surface area (Å²) in [6.45, 7) is -0.500. The van der Waals surface area contributed by atoms with E-state index in [4.69, 9.17) is 9.90 Å². The van der Waals surface area contributed by atoms with Crippen LogP contribution in [0.15, 0.2) is 0 Å². The van der Waals surface area contributed by atoms with Gasteiger partial charge in [0.25, 0.3) is 0 Å². The van der Waals surface area contributed by atoms with E-state index in [2.05, 4.69) is 4.31 Å². The molecule has 50 valence electrons. The van der Waals surface area contributed by atoms with E-state index in [9.17, 15) is 0 Å². The van der Waals surface area contributed by atoms with Gasteiger partial charge in [0.05, 0.1) is 0 Å². The molecule has 3 nitrogen and oxygen atoms in total. The van der Waals surface area contributed by atoms with Crippen molar-refractivity contribution in [3.63, 3.8) is 0 Å². The number of carboxylic acid groups (broad SMARTS) is 1. The minimum Gasteiger partial charge on any atom is -0.554 e. The summed E-state index contributed by atoms with van der Waals surface area (Å²) in [7, 11) is 7.77. The number of rotatable bonds is 2. The normalized spacial score (nSPS) is 8.11. The van der Waals surface area contributed by atoms with Crippen LogP contribution in [-0.4, -0.2) is 24.9 Å². The summed E-state index contributed by atoms with van der Waals surface area (Å²) >= 11 is 1.31. The summed E-state index contributed by atoms with van der Waals surface area (Å²) < 4.78 is 2.09. The Balaban J connectivity index is 0. The van der Waals surface area contributed by atoms with E-state index in [0.29, 0.717) is 0 Å². The van der Waals surface area contributed by atoms with Gasteiger partial charge >= 0.3 is 55.3 Å². The summed E-state index contributed by atoms with van der Waals surface area (Å²) in [5.41, 5.74) is 0. The van der Waals surface area contributed by atoms with Crippen LogP contribution in [0.3, 0.4) is 0 Å². The zero-order chi connectivity index (χ0) is 7.70. The van der Waals surface area contributed by atoms with Crippen molar-refractivity contribution in [2.45, 2.75) is 0 Å². The first-order valence-electron chi connectivity index (χ1n) is 2.00. The van der Waals surface area contributed by atoms with Crippen molar-refractivity contribution in [3.8, 4) is 0 Å². The number of carbonyl (C=O) groups excluding carboxylic acids is 1. The molecule has 0 rings (SSSR count). The van der Waals surface area contributed by atoms with Crippen LogP contribution in [0.25, 0.3) is 0 Å². The maximum absolute atomic E-state index is 8.25. The van der Waals surface area contributed by atoms with Crippen molar-refractivity contribution in [1.82, 2.24) is 4.31 Å². The summed E-state index contributed by atoms with van der Waals surface area (Å²) in [6.07, 6.45) is 0. The maximum Gasteiger partial charge on any atom is 0.0275 e. The second-order valence-corrected chi connectivity index (χ2v) is 7.82. The van der Waals surface area contributed by atoms with E-state index in [-0.39, 0.29) is 0 Å². The van der Waals surface area contributed by atoms with Crippen LogP contribution in [-0.2, 0) is 21.9 Å². The Labute approximate surface area is 71.6 Å². The molecule has 0 amide bonds. The molecule has 9 heavy (non-hydrogen) atoms. The molecule has 0 aromatic heterocycles. The van der Waals surface area contributed by atoms with E-state index in [1.807, 2.05) is 22.9 Å². The molecule has 0 fully saturated rings. The van der Waals surface area contributed by atoms with Crippen LogP contribution < -0.4 is 5.11 Å². The van der Waals surface area contributed by atoms with Crippen LogP contribution in [0.2, 0.25) is 0 Å². The maximum atomic E-state index is 8.25. The molecule has 0 radical (unpaired) electrons. The van der Waals surface area contributed by atoms with Crippen LogP contribution in [0.1, 0.15) is 0 Å². The molecular formula is C3H7NO2S2Zn. The minimum atomic E-state index is -0.500. The number of hydrogen-bond acceptors (Lipinski definition) is 5. The summed E-state index contributed by atoms with van der Waals surface area (Å²) in [5, 5.41) is 8.25. The second kappa shape index (κ2) is 11.5. The first-order valence-corrected chi connectivity index (χ1v) is 7.91. The monoisotopic (exact) mass is 217 g/mol. The van der Waals surface area contributed by atoms with Crippen molar-refractivity contribution >= 4 is 26.2 Å². The molecule has 0 heterocycles. The predicted octanol–water partition coefficient (Wildman–Crippen LogP) is -0.328. The summed E-state index contributed by atoms with van der Waals surface area (Å²) in [5.74, 6) is 0. The molecule has 0 aliphatic carbocycles. The molecule has 0 spiro atoms. The predicted molar refractivity (Wildman–Crippen MR) is 34.9 cm³/mol. The molecule has 0 unspecified atom stereocenters. The molecule has 0 aromatic rings. The third-order valence-corrected chi connectivity index (χ3v) is 3.81. The van der Waals surface area contributed by atoms with Gasteiger partial charge < -0.3 is 9.90 Å². The molecular weight excluding hydrogens is 212 g/mol. The van der Waals surface area contributed by atoms with Crippen molar-refractivity contribution in [3.05, 3.63) is 0 Å². The molecule has 0 N–H and O–H groups in total. The third kappa shape index (κ3) is 28.3. The van der Waals surface area contributed by atoms with Crippen LogP contribution >= 0.6 is 19.8 Å². The van der Waals surface area contributed by atoms with Gasteiger partial charge in [0.15, 0.2) is 0 Å². The largest absolute Gasteiger partial charge is 0.554 e. The Bertz CT molecular complexity index is 63.8. The molecule has 6 heteroatoms. The first-order chi connectivity index (χ1) is 4.18. The van der Waals surface area contributed by atoms with Crippen LogP contribution in [0.5, 0.6) is 0 Å². The number of hydrogen-bond donors (Lipinski definition) is 0. The Morgan fingerprint density at radius 2 is 2.00 bits per heavy atom. The summed E-state index contributed by atoms with van der Waals surface area (Å²) in [6, 6.07) is 0. The topological polar surface area (TPSA) is 43.4 Å². The number of nitrogens with zero attached hydrogens (tertiary/aromatic N) is 1. The molecule has 0 saturated carbocycles. The SMILES string of the molecule is CN(C)S[S][Zn+].O=C[O-]. The van der Waals surface area contributed by atoms with E-state index in [1.165, 1.54) is 17.1 Å². The van der Waals surface area contributed by atoms with E-state index < -0.39 is 6.47 Å². The first kappa shape index (κ1) is 12.4. The Hall–Kier alpha value is 0.753. The molecule has 0 atom stereocenters. The van der Waals surface area contributed by atoms with E-state index in [1.54, 1.807) is 11.0 Å². The average Bonchev–Trinajstić information content (AvgIpc) is 1.67. The number of carbonyl (C=O) groups is 1. The van der Waals surface area contributed by atoms with Gasteiger partial charge in [0, 0.05) is 6.47 Å². The van der Waals surface area contributed by atoms with E-state index >= 15 is 0 Å². The van der Waals surface area contributed by atoms with Gasteiger partial charge in [-0.2, -0.15) is 0 Å². The Morgan fingerprint density at radius 1 is 1.67 bits per heavy atom. The quantitative estimate of drug-likeness (QED) is 0.275. The van der Waals surface area contributed by atoms with Crippen LogP contribution in [0, 0.1) is 0 Å². The fourth-order valence-electron chi connectivity index (χ4n) is 0.105. The van der Waals surface area contributed by atoms with Gasteiger partial charge in [-0.3, -0.25) is 0 Å².